The van der Waals surface area contributed by atoms with Crippen LogP contribution in [0.5, 0.6) is 0 Å². The number of benzene rings is 5. The molecule has 1 heterocycles. The Labute approximate surface area is 196 Å². The number of anilines is 1. The van der Waals surface area contributed by atoms with E-state index < -0.39 is 0 Å². The number of rotatable bonds is 4. The van der Waals surface area contributed by atoms with E-state index in [-0.39, 0.29) is 0 Å². The third-order valence-corrected chi connectivity index (χ3v) is 5.83. The number of aromatic nitrogens is 1. The highest BCUT2D eigenvalue weighted by atomic mass is 16.3. The number of hydrogen-bond donors (Lipinski definition) is 1. The molecule has 0 aliphatic heterocycles. The zero-order valence-electron chi connectivity index (χ0n) is 18.2. The normalized spacial score (nSPS) is 11.5. The molecule has 5 aromatic carbocycles. The maximum absolute atomic E-state index is 6.08. The smallest absolute Gasteiger partial charge is 0.227 e. The van der Waals surface area contributed by atoms with Gasteiger partial charge in [-0.25, -0.2) is 4.98 Å². The first-order valence-corrected chi connectivity index (χ1v) is 11.0. The van der Waals surface area contributed by atoms with E-state index in [0.717, 1.165) is 55.6 Å². The van der Waals surface area contributed by atoms with Gasteiger partial charge in [0.25, 0.3) is 0 Å². The van der Waals surface area contributed by atoms with E-state index in [2.05, 4.69) is 27.3 Å². The van der Waals surface area contributed by atoms with Crippen molar-refractivity contribution in [3.63, 3.8) is 0 Å². The van der Waals surface area contributed by atoms with Crippen LogP contribution in [0.15, 0.2) is 124 Å². The molecule has 0 saturated heterocycles. The summed E-state index contributed by atoms with van der Waals surface area (Å²) in [5.41, 5.74) is 13.2. The van der Waals surface area contributed by atoms with Crippen LogP contribution in [0.2, 0.25) is 0 Å². The average molecular weight is 441 g/mol. The molecule has 0 aliphatic carbocycles. The Morgan fingerprint density at radius 2 is 1.24 bits per heavy atom. The van der Waals surface area contributed by atoms with Crippen LogP contribution >= 0.6 is 0 Å². The molecule has 0 unspecified atom stereocenters. The van der Waals surface area contributed by atoms with Crippen molar-refractivity contribution in [1.29, 1.82) is 0 Å². The SMILES string of the molecule is Nc1ccc(N=Nc2ccc(-c3ccc(-c4nc5ccccc5o4)cc3)cc2)c2ccccc12. The molecular formula is C29H20N4O. The quantitative estimate of drug-likeness (QED) is 0.221. The van der Waals surface area contributed by atoms with Crippen molar-refractivity contribution >= 4 is 38.9 Å². The molecule has 1 aromatic heterocycles. The zero-order valence-corrected chi connectivity index (χ0v) is 18.2. The molecule has 0 saturated carbocycles. The Balaban J connectivity index is 1.22. The molecule has 0 fully saturated rings. The molecule has 0 radical (unpaired) electrons. The number of nitrogens with zero attached hydrogens (tertiary/aromatic N) is 3. The Morgan fingerprint density at radius 3 is 2.00 bits per heavy atom. The third-order valence-electron chi connectivity index (χ3n) is 5.83. The Bertz CT molecular complexity index is 1620. The Kier molecular flexibility index (Phi) is 4.85. The fourth-order valence-electron chi connectivity index (χ4n) is 4.03. The number of oxazole rings is 1. The van der Waals surface area contributed by atoms with Crippen LogP contribution in [0.4, 0.5) is 17.1 Å². The minimum Gasteiger partial charge on any atom is -0.436 e. The Hall–Kier alpha value is -4.77. The summed E-state index contributed by atoms with van der Waals surface area (Å²) < 4.78 is 5.87. The molecule has 5 heteroatoms. The lowest BCUT2D eigenvalue weighted by Gasteiger charge is -2.05. The minimum absolute atomic E-state index is 0.624. The fourth-order valence-corrected chi connectivity index (χ4v) is 4.03. The van der Waals surface area contributed by atoms with E-state index in [0.29, 0.717) is 5.89 Å². The van der Waals surface area contributed by atoms with Crippen LogP contribution in [0.3, 0.4) is 0 Å². The summed E-state index contributed by atoms with van der Waals surface area (Å²) in [4.78, 5) is 4.57. The second-order valence-electron chi connectivity index (χ2n) is 8.03. The number of fused-ring (bicyclic) bond motifs is 2. The second kappa shape index (κ2) is 8.30. The van der Waals surface area contributed by atoms with Crippen LogP contribution in [-0.2, 0) is 0 Å². The number of nitrogens with two attached hydrogens (primary N) is 1. The van der Waals surface area contributed by atoms with Gasteiger partial charge in [-0.15, -0.1) is 5.11 Å². The lowest BCUT2D eigenvalue weighted by Crippen LogP contribution is -1.86. The highest BCUT2D eigenvalue weighted by Crippen LogP contribution is 2.32. The van der Waals surface area contributed by atoms with E-state index in [1.807, 2.05) is 97.1 Å². The van der Waals surface area contributed by atoms with Crippen molar-refractivity contribution in [1.82, 2.24) is 4.98 Å². The van der Waals surface area contributed by atoms with Crippen molar-refractivity contribution < 1.29 is 4.42 Å². The van der Waals surface area contributed by atoms with E-state index in [9.17, 15) is 0 Å². The minimum atomic E-state index is 0.624. The summed E-state index contributed by atoms with van der Waals surface area (Å²) in [5, 5.41) is 10.9. The van der Waals surface area contributed by atoms with Crippen molar-refractivity contribution in [2.45, 2.75) is 0 Å². The standard InChI is InChI=1S/C29H20N4O/c30-25-17-18-26(24-6-2-1-5-23(24)25)33-32-22-15-13-20(14-16-22)19-9-11-21(12-10-19)29-31-27-7-3-4-8-28(27)34-29/h1-18H,30H2. The predicted octanol–water partition coefficient (Wildman–Crippen LogP) is 8.31. The summed E-state index contributed by atoms with van der Waals surface area (Å²) in [7, 11) is 0. The number of hydrogen-bond acceptors (Lipinski definition) is 5. The van der Waals surface area contributed by atoms with Gasteiger partial charge >= 0.3 is 0 Å². The maximum Gasteiger partial charge on any atom is 0.227 e. The lowest BCUT2D eigenvalue weighted by molar-refractivity contribution is 0.620. The average Bonchev–Trinajstić information content (AvgIpc) is 3.33. The van der Waals surface area contributed by atoms with Gasteiger partial charge in [0.1, 0.15) is 5.52 Å². The summed E-state index contributed by atoms with van der Waals surface area (Å²) in [6.07, 6.45) is 0. The number of nitrogen functional groups attached to an aromatic ring is 1. The fraction of sp³-hybridized carbons (Fsp3) is 0. The third kappa shape index (κ3) is 3.69. The van der Waals surface area contributed by atoms with Gasteiger partial charge in [-0.05, 0) is 59.7 Å². The molecule has 2 N–H and O–H groups in total. The molecule has 0 spiro atoms. The van der Waals surface area contributed by atoms with Gasteiger partial charge in [0.05, 0.1) is 11.4 Å². The van der Waals surface area contributed by atoms with E-state index >= 15 is 0 Å². The summed E-state index contributed by atoms with van der Waals surface area (Å²) in [5.74, 6) is 0.624. The monoisotopic (exact) mass is 440 g/mol. The van der Waals surface area contributed by atoms with Gasteiger partial charge in [-0.1, -0.05) is 60.7 Å². The molecule has 34 heavy (non-hydrogen) atoms. The largest absolute Gasteiger partial charge is 0.436 e. The van der Waals surface area contributed by atoms with Crippen molar-refractivity contribution in [2.24, 2.45) is 10.2 Å². The highest BCUT2D eigenvalue weighted by molar-refractivity contribution is 6.00. The topological polar surface area (TPSA) is 76.8 Å². The number of azo groups is 1. The Morgan fingerprint density at radius 1 is 0.588 bits per heavy atom. The summed E-state index contributed by atoms with van der Waals surface area (Å²) >= 11 is 0. The first-order valence-electron chi connectivity index (χ1n) is 11.0. The summed E-state index contributed by atoms with van der Waals surface area (Å²) in [6, 6.07) is 35.7. The molecule has 0 atom stereocenters. The van der Waals surface area contributed by atoms with Crippen molar-refractivity contribution in [3.8, 4) is 22.6 Å². The van der Waals surface area contributed by atoms with Crippen LogP contribution in [0.1, 0.15) is 0 Å². The van der Waals surface area contributed by atoms with Gasteiger partial charge in [-0.2, -0.15) is 5.11 Å². The molecule has 162 valence electrons. The first kappa shape index (κ1) is 19.9. The number of para-hydroxylation sites is 2. The molecular weight excluding hydrogens is 420 g/mol. The molecule has 0 amide bonds. The molecule has 6 rings (SSSR count). The summed E-state index contributed by atoms with van der Waals surface area (Å²) in [6.45, 7) is 0. The van der Waals surface area contributed by atoms with Crippen LogP contribution in [-0.4, -0.2) is 4.98 Å². The molecule has 0 aliphatic rings. The molecule has 6 aromatic rings. The zero-order chi connectivity index (χ0) is 22.9. The van der Waals surface area contributed by atoms with Gasteiger partial charge in [0.2, 0.25) is 5.89 Å². The molecule has 5 nitrogen and oxygen atoms in total. The van der Waals surface area contributed by atoms with Crippen LogP contribution in [0, 0.1) is 0 Å². The molecule has 0 bridgehead atoms. The second-order valence-corrected chi connectivity index (χ2v) is 8.03. The van der Waals surface area contributed by atoms with E-state index in [1.54, 1.807) is 0 Å². The van der Waals surface area contributed by atoms with Gasteiger partial charge in [0, 0.05) is 22.0 Å². The van der Waals surface area contributed by atoms with Crippen molar-refractivity contribution in [2.75, 3.05) is 5.73 Å². The highest BCUT2D eigenvalue weighted by Gasteiger charge is 2.08. The van der Waals surface area contributed by atoms with Crippen molar-refractivity contribution in [3.05, 3.63) is 109 Å². The van der Waals surface area contributed by atoms with Gasteiger partial charge in [-0.3, -0.25) is 0 Å². The first-order chi connectivity index (χ1) is 16.7. The maximum atomic E-state index is 6.08. The van der Waals surface area contributed by atoms with Gasteiger partial charge in [0.15, 0.2) is 5.58 Å². The predicted molar refractivity (Wildman–Crippen MR) is 137 cm³/mol. The van der Waals surface area contributed by atoms with Crippen LogP contribution < -0.4 is 5.73 Å². The van der Waals surface area contributed by atoms with E-state index in [1.165, 1.54) is 0 Å². The lowest BCUT2D eigenvalue weighted by atomic mass is 10.0. The van der Waals surface area contributed by atoms with Gasteiger partial charge < -0.3 is 10.2 Å². The van der Waals surface area contributed by atoms with Crippen LogP contribution in [0.25, 0.3) is 44.5 Å². The van der Waals surface area contributed by atoms with E-state index in [4.69, 9.17) is 10.2 Å².